The van der Waals surface area contributed by atoms with E-state index in [-0.39, 0.29) is 12.1 Å². The number of nitrogens with one attached hydrogen (secondary N) is 1. The molecule has 0 spiro atoms. The first-order chi connectivity index (χ1) is 7.67. The predicted molar refractivity (Wildman–Crippen MR) is 64.5 cm³/mol. The zero-order valence-corrected chi connectivity index (χ0v) is 10.7. The Bertz CT molecular complexity index is 221. The Morgan fingerprint density at radius 3 is 2.94 bits per heavy atom. The van der Waals surface area contributed by atoms with Gasteiger partial charge in [0.2, 0.25) is 0 Å². The molecule has 1 saturated heterocycles. The lowest BCUT2D eigenvalue weighted by atomic mass is 10.0. The van der Waals surface area contributed by atoms with Gasteiger partial charge >= 0.3 is 6.09 Å². The maximum absolute atomic E-state index is 11.3. The van der Waals surface area contributed by atoms with Gasteiger partial charge in [0.15, 0.2) is 0 Å². The summed E-state index contributed by atoms with van der Waals surface area (Å²) < 4.78 is 4.90. The number of carbonyl (C=O) groups is 1. The lowest BCUT2D eigenvalue weighted by molar-refractivity contribution is 0.119. The van der Waals surface area contributed by atoms with E-state index in [2.05, 4.69) is 24.1 Å². The fourth-order valence-corrected chi connectivity index (χ4v) is 2.12. The van der Waals surface area contributed by atoms with Crippen LogP contribution >= 0.6 is 0 Å². The van der Waals surface area contributed by atoms with Crippen molar-refractivity contribution in [2.24, 2.45) is 0 Å². The van der Waals surface area contributed by atoms with Gasteiger partial charge in [0, 0.05) is 18.6 Å². The van der Waals surface area contributed by atoms with Crippen molar-refractivity contribution in [2.75, 3.05) is 19.7 Å². The number of ether oxygens (including phenoxy) is 1. The highest BCUT2D eigenvalue weighted by atomic mass is 16.5. The molecule has 1 fully saturated rings. The highest BCUT2D eigenvalue weighted by Gasteiger charge is 2.23. The molecule has 0 saturated carbocycles. The van der Waals surface area contributed by atoms with Gasteiger partial charge in [-0.05, 0) is 39.7 Å². The van der Waals surface area contributed by atoms with Gasteiger partial charge in [0.1, 0.15) is 0 Å². The first kappa shape index (κ1) is 13.3. The molecule has 0 aliphatic carbocycles. The minimum Gasteiger partial charge on any atom is -0.450 e. The van der Waals surface area contributed by atoms with Crippen molar-refractivity contribution >= 4 is 6.09 Å². The topological polar surface area (TPSA) is 41.6 Å². The van der Waals surface area contributed by atoms with Crippen LogP contribution in [0.2, 0.25) is 0 Å². The van der Waals surface area contributed by atoms with Crippen LogP contribution in [0.3, 0.4) is 0 Å². The Morgan fingerprint density at radius 2 is 2.31 bits per heavy atom. The molecule has 4 heteroatoms. The van der Waals surface area contributed by atoms with E-state index in [9.17, 15) is 4.79 Å². The number of piperidine rings is 1. The van der Waals surface area contributed by atoms with E-state index in [4.69, 9.17) is 4.74 Å². The van der Waals surface area contributed by atoms with Gasteiger partial charge in [0.05, 0.1) is 6.61 Å². The van der Waals surface area contributed by atoms with Gasteiger partial charge in [0.25, 0.3) is 0 Å². The molecule has 4 nitrogen and oxygen atoms in total. The van der Waals surface area contributed by atoms with Crippen LogP contribution in [-0.2, 0) is 4.74 Å². The fourth-order valence-electron chi connectivity index (χ4n) is 2.12. The summed E-state index contributed by atoms with van der Waals surface area (Å²) in [6, 6.07) is 0.855. The zero-order valence-electron chi connectivity index (χ0n) is 10.7. The molecule has 1 aliphatic rings. The third kappa shape index (κ3) is 4.00. The summed E-state index contributed by atoms with van der Waals surface area (Å²) in [4.78, 5) is 13.8. The normalized spacial score (nSPS) is 23.8. The van der Waals surface area contributed by atoms with Crippen molar-refractivity contribution in [1.82, 2.24) is 10.2 Å². The van der Waals surface area contributed by atoms with Crippen LogP contribution in [-0.4, -0.2) is 42.8 Å². The molecule has 0 aromatic heterocycles. The molecular weight excluding hydrogens is 204 g/mol. The Morgan fingerprint density at radius 1 is 1.56 bits per heavy atom. The second-order valence-electron chi connectivity index (χ2n) is 4.46. The molecule has 2 atom stereocenters. The number of hydrogen-bond donors (Lipinski definition) is 1. The quantitative estimate of drug-likeness (QED) is 0.800. The molecular formula is C12H24N2O2. The number of alkyl carbamates (subject to hydrolysis) is 1. The minimum atomic E-state index is -0.279. The second-order valence-corrected chi connectivity index (χ2v) is 4.46. The summed E-state index contributed by atoms with van der Waals surface area (Å²) in [5, 5.41) is 2.93. The second kappa shape index (κ2) is 6.74. The van der Waals surface area contributed by atoms with E-state index in [1.165, 1.54) is 0 Å². The summed E-state index contributed by atoms with van der Waals surface area (Å²) in [7, 11) is 0. The largest absolute Gasteiger partial charge is 0.450 e. The number of carbonyl (C=O) groups excluding carboxylic acids is 1. The van der Waals surface area contributed by atoms with E-state index in [0.29, 0.717) is 12.6 Å². The van der Waals surface area contributed by atoms with Crippen molar-refractivity contribution in [2.45, 2.75) is 52.1 Å². The number of likely N-dealkylation sites (tertiary alicyclic amines) is 1. The van der Waals surface area contributed by atoms with Gasteiger partial charge in [-0.15, -0.1) is 0 Å². The third-order valence-electron chi connectivity index (χ3n) is 3.26. The summed E-state index contributed by atoms with van der Waals surface area (Å²) >= 11 is 0. The van der Waals surface area contributed by atoms with Crippen LogP contribution in [0.1, 0.15) is 40.0 Å². The molecule has 1 N–H and O–H groups in total. The molecule has 1 aliphatic heterocycles. The third-order valence-corrected chi connectivity index (χ3v) is 3.26. The standard InChI is InChI=1S/C12H24N2O2/c1-4-10(3)14-8-6-7-11(9-14)13-12(15)16-5-2/h10-11H,4-9H2,1-3H3,(H,13,15). The lowest BCUT2D eigenvalue weighted by Crippen LogP contribution is -2.50. The van der Waals surface area contributed by atoms with Crippen LogP contribution in [0.15, 0.2) is 0 Å². The number of hydrogen-bond acceptors (Lipinski definition) is 3. The van der Waals surface area contributed by atoms with E-state index < -0.39 is 0 Å². The summed E-state index contributed by atoms with van der Waals surface area (Å²) in [6.45, 7) is 8.81. The summed E-state index contributed by atoms with van der Waals surface area (Å²) in [6.07, 6.45) is 3.10. The summed E-state index contributed by atoms with van der Waals surface area (Å²) in [5.41, 5.74) is 0. The zero-order chi connectivity index (χ0) is 12.0. The smallest absolute Gasteiger partial charge is 0.407 e. The molecule has 1 heterocycles. The average molecular weight is 228 g/mol. The number of rotatable bonds is 4. The maximum atomic E-state index is 11.3. The molecule has 0 bridgehead atoms. The van der Waals surface area contributed by atoms with Crippen LogP contribution in [0, 0.1) is 0 Å². The van der Waals surface area contributed by atoms with Crippen molar-refractivity contribution in [3.05, 3.63) is 0 Å². The van der Waals surface area contributed by atoms with Gasteiger partial charge < -0.3 is 10.1 Å². The fraction of sp³-hybridized carbons (Fsp3) is 0.917. The van der Waals surface area contributed by atoms with Gasteiger partial charge in [-0.2, -0.15) is 0 Å². The highest BCUT2D eigenvalue weighted by Crippen LogP contribution is 2.14. The lowest BCUT2D eigenvalue weighted by Gasteiger charge is -2.36. The average Bonchev–Trinajstić information content (AvgIpc) is 2.28. The van der Waals surface area contributed by atoms with Crippen molar-refractivity contribution < 1.29 is 9.53 Å². The van der Waals surface area contributed by atoms with Crippen LogP contribution in [0.4, 0.5) is 4.79 Å². The van der Waals surface area contributed by atoms with Crippen molar-refractivity contribution in [3.63, 3.8) is 0 Å². The molecule has 94 valence electrons. The molecule has 2 unspecified atom stereocenters. The molecule has 0 radical (unpaired) electrons. The Balaban J connectivity index is 2.35. The van der Waals surface area contributed by atoms with Gasteiger partial charge in [-0.3, -0.25) is 4.90 Å². The SMILES string of the molecule is CCOC(=O)NC1CCCN(C(C)CC)C1. The van der Waals surface area contributed by atoms with E-state index in [0.717, 1.165) is 32.4 Å². The monoisotopic (exact) mass is 228 g/mol. The Labute approximate surface area is 98.3 Å². The minimum absolute atomic E-state index is 0.252. The molecule has 1 amide bonds. The number of nitrogens with zero attached hydrogens (tertiary/aromatic N) is 1. The molecule has 1 rings (SSSR count). The first-order valence-corrected chi connectivity index (χ1v) is 6.34. The van der Waals surface area contributed by atoms with Gasteiger partial charge in [-0.25, -0.2) is 4.79 Å². The van der Waals surface area contributed by atoms with Gasteiger partial charge in [-0.1, -0.05) is 6.92 Å². The van der Waals surface area contributed by atoms with Crippen LogP contribution in [0.25, 0.3) is 0 Å². The molecule has 16 heavy (non-hydrogen) atoms. The highest BCUT2D eigenvalue weighted by molar-refractivity contribution is 5.67. The maximum Gasteiger partial charge on any atom is 0.407 e. The van der Waals surface area contributed by atoms with E-state index >= 15 is 0 Å². The van der Waals surface area contributed by atoms with E-state index in [1.54, 1.807) is 0 Å². The van der Waals surface area contributed by atoms with Crippen molar-refractivity contribution in [3.8, 4) is 0 Å². The molecule has 0 aromatic carbocycles. The van der Waals surface area contributed by atoms with Crippen LogP contribution in [0.5, 0.6) is 0 Å². The molecule has 0 aromatic rings. The summed E-state index contributed by atoms with van der Waals surface area (Å²) in [5.74, 6) is 0. The Hall–Kier alpha value is -0.770. The van der Waals surface area contributed by atoms with Crippen molar-refractivity contribution in [1.29, 1.82) is 0 Å². The van der Waals surface area contributed by atoms with E-state index in [1.807, 2.05) is 6.92 Å². The van der Waals surface area contributed by atoms with Crippen LogP contribution < -0.4 is 5.32 Å². The number of amides is 1. The Kier molecular flexibility index (Phi) is 5.60. The predicted octanol–water partition coefficient (Wildman–Crippen LogP) is 2.00. The first-order valence-electron chi connectivity index (χ1n) is 6.34.